The number of nitro benzene ring substituents is 1. The minimum atomic E-state index is -0.549. The summed E-state index contributed by atoms with van der Waals surface area (Å²) in [6.45, 7) is -0.0703. The molecule has 0 atom stereocenters. The summed E-state index contributed by atoms with van der Waals surface area (Å²) in [4.78, 5) is 22.1. The van der Waals surface area contributed by atoms with E-state index in [2.05, 4.69) is 5.32 Å². The van der Waals surface area contributed by atoms with E-state index >= 15 is 0 Å². The average Bonchev–Trinajstić information content (AvgIpc) is 2.48. The summed E-state index contributed by atoms with van der Waals surface area (Å²) in [5.74, 6) is -0.426. The van der Waals surface area contributed by atoms with Gasteiger partial charge in [-0.05, 0) is 23.8 Å². The van der Waals surface area contributed by atoms with Crippen molar-refractivity contribution in [1.29, 1.82) is 0 Å². The predicted octanol–water partition coefficient (Wildman–Crippen LogP) is 2.34. The Kier molecular flexibility index (Phi) is 4.07. The zero-order chi connectivity index (χ0) is 14.5. The molecule has 0 saturated carbocycles. The molecule has 6 nitrogen and oxygen atoms in total. The molecule has 0 aliphatic rings. The number of aliphatic hydroxyl groups excluding tert-OH is 1. The molecule has 0 aliphatic heterocycles. The van der Waals surface area contributed by atoms with E-state index in [1.165, 1.54) is 24.3 Å². The van der Waals surface area contributed by atoms with Crippen LogP contribution in [0.25, 0.3) is 0 Å². The third-order valence-corrected chi connectivity index (χ3v) is 2.71. The van der Waals surface area contributed by atoms with Crippen LogP contribution in [0.2, 0.25) is 0 Å². The molecule has 0 saturated heterocycles. The lowest BCUT2D eigenvalue weighted by Crippen LogP contribution is -2.12. The third kappa shape index (κ3) is 3.18. The number of aliphatic hydroxyl groups is 1. The number of hydrogen-bond donors (Lipinski definition) is 2. The van der Waals surface area contributed by atoms with Gasteiger partial charge in [0.05, 0.1) is 11.5 Å². The number of hydrogen-bond acceptors (Lipinski definition) is 4. The summed E-state index contributed by atoms with van der Waals surface area (Å²) in [5, 5.41) is 22.2. The molecular weight excluding hydrogens is 260 g/mol. The molecule has 0 spiro atoms. The van der Waals surface area contributed by atoms with Gasteiger partial charge in [0.2, 0.25) is 0 Å². The first-order valence-electron chi connectivity index (χ1n) is 5.86. The minimum absolute atomic E-state index is 0.0703. The number of nitrogens with one attached hydrogen (secondary N) is 1. The number of nitro groups is 1. The summed E-state index contributed by atoms with van der Waals surface area (Å²) < 4.78 is 0. The van der Waals surface area contributed by atoms with E-state index in [0.717, 1.165) is 5.56 Å². The minimum Gasteiger partial charge on any atom is -0.392 e. The Morgan fingerprint density at radius 3 is 2.50 bits per heavy atom. The SMILES string of the molecule is O=C(Nc1ccc(CO)cc1)c1cccc([N+](=O)[O-])c1. The number of nitrogens with zero attached hydrogens (tertiary/aromatic N) is 1. The van der Waals surface area contributed by atoms with Crippen molar-refractivity contribution < 1.29 is 14.8 Å². The van der Waals surface area contributed by atoms with Gasteiger partial charge in [0, 0.05) is 23.4 Å². The zero-order valence-corrected chi connectivity index (χ0v) is 10.4. The van der Waals surface area contributed by atoms with Gasteiger partial charge in [0.25, 0.3) is 11.6 Å². The van der Waals surface area contributed by atoms with Crippen LogP contribution in [-0.2, 0) is 6.61 Å². The number of non-ortho nitro benzene ring substituents is 1. The van der Waals surface area contributed by atoms with Gasteiger partial charge in [-0.25, -0.2) is 0 Å². The molecule has 2 rings (SSSR count). The Morgan fingerprint density at radius 2 is 1.90 bits per heavy atom. The van der Waals surface area contributed by atoms with Crippen LogP contribution < -0.4 is 5.32 Å². The number of amides is 1. The Labute approximate surface area is 114 Å². The summed E-state index contributed by atoms with van der Waals surface area (Å²) in [6.07, 6.45) is 0. The van der Waals surface area contributed by atoms with Gasteiger partial charge in [0.1, 0.15) is 0 Å². The Bertz CT molecular complexity index is 638. The van der Waals surface area contributed by atoms with E-state index in [-0.39, 0.29) is 17.9 Å². The molecule has 0 aliphatic carbocycles. The molecule has 0 fully saturated rings. The van der Waals surface area contributed by atoms with E-state index in [0.29, 0.717) is 5.69 Å². The van der Waals surface area contributed by atoms with Gasteiger partial charge >= 0.3 is 0 Å². The van der Waals surface area contributed by atoms with Crippen LogP contribution >= 0.6 is 0 Å². The average molecular weight is 272 g/mol. The lowest BCUT2D eigenvalue weighted by molar-refractivity contribution is -0.384. The number of carbonyl (C=O) groups is 1. The molecule has 2 aromatic rings. The molecule has 1 amide bonds. The van der Waals surface area contributed by atoms with Crippen LogP contribution in [0.5, 0.6) is 0 Å². The standard InChI is InChI=1S/C14H12N2O4/c17-9-10-4-6-12(7-5-10)15-14(18)11-2-1-3-13(8-11)16(19)20/h1-8,17H,9H2,(H,15,18). The molecule has 2 N–H and O–H groups in total. The predicted molar refractivity (Wildman–Crippen MR) is 73.4 cm³/mol. The highest BCUT2D eigenvalue weighted by atomic mass is 16.6. The van der Waals surface area contributed by atoms with Gasteiger partial charge in [-0.1, -0.05) is 18.2 Å². The first-order valence-corrected chi connectivity index (χ1v) is 5.86. The lowest BCUT2D eigenvalue weighted by atomic mass is 10.1. The van der Waals surface area contributed by atoms with Crippen molar-refractivity contribution in [2.45, 2.75) is 6.61 Å². The van der Waals surface area contributed by atoms with Crippen molar-refractivity contribution in [1.82, 2.24) is 0 Å². The number of carbonyl (C=O) groups excluding carboxylic acids is 1. The van der Waals surface area contributed by atoms with Crippen molar-refractivity contribution in [2.75, 3.05) is 5.32 Å². The maximum absolute atomic E-state index is 12.0. The van der Waals surface area contributed by atoms with E-state index in [1.54, 1.807) is 24.3 Å². The molecule has 0 unspecified atom stereocenters. The summed E-state index contributed by atoms with van der Waals surface area (Å²) >= 11 is 0. The number of anilines is 1. The Morgan fingerprint density at radius 1 is 1.20 bits per heavy atom. The van der Waals surface area contributed by atoms with Crippen LogP contribution in [0.4, 0.5) is 11.4 Å². The maximum Gasteiger partial charge on any atom is 0.270 e. The third-order valence-electron chi connectivity index (χ3n) is 2.71. The molecule has 6 heteroatoms. The summed E-state index contributed by atoms with van der Waals surface area (Å²) in [5.41, 5.74) is 1.37. The van der Waals surface area contributed by atoms with E-state index in [4.69, 9.17) is 5.11 Å². The molecule has 0 heterocycles. The monoisotopic (exact) mass is 272 g/mol. The van der Waals surface area contributed by atoms with Crippen LogP contribution in [0.15, 0.2) is 48.5 Å². The summed E-state index contributed by atoms with van der Waals surface area (Å²) in [7, 11) is 0. The second-order valence-corrected chi connectivity index (χ2v) is 4.12. The second-order valence-electron chi connectivity index (χ2n) is 4.12. The molecular formula is C14H12N2O4. The van der Waals surface area contributed by atoms with Crippen molar-refractivity contribution >= 4 is 17.3 Å². The van der Waals surface area contributed by atoms with Gasteiger partial charge in [0.15, 0.2) is 0 Å². The van der Waals surface area contributed by atoms with E-state index < -0.39 is 10.8 Å². The largest absolute Gasteiger partial charge is 0.392 e. The van der Waals surface area contributed by atoms with Gasteiger partial charge < -0.3 is 10.4 Å². The normalized spacial score (nSPS) is 10.1. The first-order chi connectivity index (χ1) is 9.60. The van der Waals surface area contributed by atoms with Crippen LogP contribution in [0.3, 0.4) is 0 Å². The van der Waals surface area contributed by atoms with Crippen molar-refractivity contribution in [3.05, 3.63) is 69.8 Å². The fourth-order valence-corrected chi connectivity index (χ4v) is 1.66. The lowest BCUT2D eigenvalue weighted by Gasteiger charge is -2.05. The fourth-order valence-electron chi connectivity index (χ4n) is 1.66. The Hall–Kier alpha value is -2.73. The molecule has 102 valence electrons. The maximum atomic E-state index is 12.0. The fraction of sp³-hybridized carbons (Fsp3) is 0.0714. The van der Waals surface area contributed by atoms with Crippen LogP contribution in [-0.4, -0.2) is 15.9 Å². The van der Waals surface area contributed by atoms with Gasteiger partial charge in [-0.3, -0.25) is 14.9 Å². The van der Waals surface area contributed by atoms with Gasteiger partial charge in [-0.15, -0.1) is 0 Å². The highest BCUT2D eigenvalue weighted by molar-refractivity contribution is 6.04. The highest BCUT2D eigenvalue weighted by Gasteiger charge is 2.11. The molecule has 2 aromatic carbocycles. The smallest absolute Gasteiger partial charge is 0.270 e. The molecule has 0 radical (unpaired) electrons. The Balaban J connectivity index is 2.14. The van der Waals surface area contributed by atoms with E-state index in [9.17, 15) is 14.9 Å². The van der Waals surface area contributed by atoms with Gasteiger partial charge in [-0.2, -0.15) is 0 Å². The van der Waals surface area contributed by atoms with Crippen molar-refractivity contribution in [3.63, 3.8) is 0 Å². The highest BCUT2D eigenvalue weighted by Crippen LogP contribution is 2.15. The summed E-state index contributed by atoms with van der Waals surface area (Å²) in [6, 6.07) is 12.2. The number of rotatable bonds is 4. The van der Waals surface area contributed by atoms with Crippen LogP contribution in [0, 0.1) is 10.1 Å². The van der Waals surface area contributed by atoms with E-state index in [1.807, 2.05) is 0 Å². The quantitative estimate of drug-likeness (QED) is 0.660. The topological polar surface area (TPSA) is 92.5 Å². The van der Waals surface area contributed by atoms with Crippen LogP contribution in [0.1, 0.15) is 15.9 Å². The molecule has 0 aromatic heterocycles. The first kappa shape index (κ1) is 13.7. The second kappa shape index (κ2) is 5.94. The van der Waals surface area contributed by atoms with Crippen molar-refractivity contribution in [2.24, 2.45) is 0 Å². The van der Waals surface area contributed by atoms with Crippen molar-refractivity contribution in [3.8, 4) is 0 Å². The zero-order valence-electron chi connectivity index (χ0n) is 10.4. The molecule has 0 bridgehead atoms. The molecule has 20 heavy (non-hydrogen) atoms. The number of benzene rings is 2.